The van der Waals surface area contributed by atoms with Gasteiger partial charge < -0.3 is 9.42 Å². The number of likely N-dealkylation sites (tertiary alicyclic amines) is 1. The Hall–Kier alpha value is -1.89. The van der Waals surface area contributed by atoms with Crippen molar-refractivity contribution in [1.29, 1.82) is 0 Å². The van der Waals surface area contributed by atoms with Crippen LogP contribution < -0.4 is 10.9 Å². The Morgan fingerprint density at radius 3 is 3.00 bits per heavy atom. The van der Waals surface area contributed by atoms with Gasteiger partial charge in [0.1, 0.15) is 17.0 Å². The first-order valence-corrected chi connectivity index (χ1v) is 10.5. The molecule has 0 bridgehead atoms. The molecule has 0 spiro atoms. The molecule has 7 heteroatoms. The number of hydrogen-bond donors (Lipinski definition) is 2. The molecule has 3 unspecified atom stereocenters. The molecular weight excluding hydrogens is 376 g/mol. The van der Waals surface area contributed by atoms with E-state index in [1.807, 2.05) is 23.1 Å². The third kappa shape index (κ3) is 3.56. The molecule has 0 aliphatic carbocycles. The summed E-state index contributed by atoms with van der Waals surface area (Å²) in [7, 11) is 0. The Balaban J connectivity index is 1.58. The smallest absolute Gasteiger partial charge is 0.259 e. The van der Waals surface area contributed by atoms with Gasteiger partial charge in [-0.25, -0.2) is 0 Å². The van der Waals surface area contributed by atoms with Crippen LogP contribution in [0.15, 0.2) is 28.8 Å². The number of carbonyl (C=O) groups excluding carboxylic acids is 1. The van der Waals surface area contributed by atoms with E-state index in [2.05, 4.69) is 22.9 Å². The van der Waals surface area contributed by atoms with Crippen molar-refractivity contribution in [2.24, 2.45) is 11.8 Å². The highest BCUT2D eigenvalue weighted by molar-refractivity contribution is 6.33. The molecule has 3 heterocycles. The second kappa shape index (κ2) is 8.23. The third-order valence-electron chi connectivity index (χ3n) is 6.12. The number of hydrogen-bond acceptors (Lipinski definition) is 5. The van der Waals surface area contributed by atoms with Gasteiger partial charge in [-0.15, -0.1) is 0 Å². The zero-order valence-corrected chi connectivity index (χ0v) is 17.1. The number of hydrazine groups is 1. The number of carbonyl (C=O) groups is 1. The van der Waals surface area contributed by atoms with Gasteiger partial charge in [-0.2, -0.15) is 0 Å². The molecule has 4 rings (SSSR count). The van der Waals surface area contributed by atoms with Crippen molar-refractivity contribution in [2.45, 2.75) is 39.2 Å². The number of rotatable bonds is 4. The van der Waals surface area contributed by atoms with Gasteiger partial charge in [-0.3, -0.25) is 15.6 Å². The van der Waals surface area contributed by atoms with Gasteiger partial charge in [0.15, 0.2) is 0 Å². The van der Waals surface area contributed by atoms with Gasteiger partial charge in [0, 0.05) is 31.2 Å². The number of halogens is 1. The SMILES string of the molecule is CCC1CNNC1C1CCCN(C(=O)c2c(-c3ccccc3Cl)noc2C)C1. The van der Waals surface area contributed by atoms with Crippen molar-refractivity contribution in [3.8, 4) is 11.3 Å². The van der Waals surface area contributed by atoms with Crippen LogP contribution in [-0.2, 0) is 0 Å². The summed E-state index contributed by atoms with van der Waals surface area (Å²) in [6.07, 6.45) is 3.28. The zero-order chi connectivity index (χ0) is 19.7. The molecule has 1 aromatic carbocycles. The lowest BCUT2D eigenvalue weighted by Crippen LogP contribution is -2.48. The molecular formula is C21H27ClN4O2. The highest BCUT2D eigenvalue weighted by Gasteiger charge is 2.37. The molecule has 2 saturated heterocycles. The standard InChI is InChI=1S/C21H27ClN4O2/c1-3-14-11-23-24-19(14)15-7-6-10-26(12-15)21(27)18-13(2)28-25-20(18)16-8-4-5-9-17(16)22/h4-5,8-9,14-15,19,23-24H,3,6-7,10-12H2,1-2H3. The Bertz CT molecular complexity index is 853. The van der Waals surface area contributed by atoms with Crippen molar-refractivity contribution < 1.29 is 9.32 Å². The molecule has 2 aromatic rings. The van der Waals surface area contributed by atoms with Gasteiger partial charge in [-0.05, 0) is 37.7 Å². The van der Waals surface area contributed by atoms with E-state index in [1.54, 1.807) is 13.0 Å². The first-order chi connectivity index (χ1) is 13.6. The van der Waals surface area contributed by atoms with Crippen LogP contribution in [0.5, 0.6) is 0 Å². The minimum absolute atomic E-state index is 0.0163. The minimum Gasteiger partial charge on any atom is -0.360 e. The number of benzene rings is 1. The van der Waals surface area contributed by atoms with Crippen LogP contribution in [0.3, 0.4) is 0 Å². The number of aromatic nitrogens is 1. The van der Waals surface area contributed by atoms with Crippen molar-refractivity contribution in [3.05, 3.63) is 40.6 Å². The molecule has 1 amide bonds. The van der Waals surface area contributed by atoms with Gasteiger partial charge in [0.2, 0.25) is 0 Å². The predicted octanol–water partition coefficient (Wildman–Crippen LogP) is 3.66. The van der Waals surface area contributed by atoms with Crippen molar-refractivity contribution in [2.75, 3.05) is 19.6 Å². The van der Waals surface area contributed by atoms with Crippen molar-refractivity contribution in [1.82, 2.24) is 20.9 Å². The molecule has 150 valence electrons. The van der Waals surface area contributed by atoms with Gasteiger partial charge in [0.05, 0.1) is 5.02 Å². The Kier molecular flexibility index (Phi) is 5.71. The molecule has 1 aromatic heterocycles. The van der Waals surface area contributed by atoms with Crippen LogP contribution in [0.4, 0.5) is 0 Å². The lowest BCUT2D eigenvalue weighted by atomic mass is 9.83. The highest BCUT2D eigenvalue weighted by atomic mass is 35.5. The van der Waals surface area contributed by atoms with E-state index in [-0.39, 0.29) is 5.91 Å². The summed E-state index contributed by atoms with van der Waals surface area (Å²) in [5.74, 6) is 1.57. The fourth-order valence-electron chi connectivity index (χ4n) is 4.56. The monoisotopic (exact) mass is 402 g/mol. The molecule has 2 aliphatic rings. The lowest BCUT2D eigenvalue weighted by molar-refractivity contribution is 0.0633. The minimum atomic E-state index is -0.0163. The molecule has 3 atom stereocenters. The fourth-order valence-corrected chi connectivity index (χ4v) is 4.79. The maximum atomic E-state index is 13.4. The van der Waals surface area contributed by atoms with Gasteiger partial charge in [-0.1, -0.05) is 48.3 Å². The third-order valence-corrected chi connectivity index (χ3v) is 6.45. The topological polar surface area (TPSA) is 70.4 Å². The summed E-state index contributed by atoms with van der Waals surface area (Å²) in [5, 5.41) is 4.72. The number of nitrogens with zero attached hydrogens (tertiary/aromatic N) is 2. The van der Waals surface area contributed by atoms with Crippen molar-refractivity contribution >= 4 is 17.5 Å². The first kappa shape index (κ1) is 19.4. The summed E-state index contributed by atoms with van der Waals surface area (Å²) in [6, 6.07) is 7.83. The van der Waals surface area contributed by atoms with E-state index < -0.39 is 0 Å². The predicted molar refractivity (Wildman–Crippen MR) is 109 cm³/mol. The first-order valence-electron chi connectivity index (χ1n) is 10.1. The average Bonchev–Trinajstić information content (AvgIpc) is 3.34. The summed E-state index contributed by atoms with van der Waals surface area (Å²) >= 11 is 6.35. The highest BCUT2D eigenvalue weighted by Crippen LogP contribution is 2.33. The van der Waals surface area contributed by atoms with E-state index in [1.165, 1.54) is 0 Å². The molecule has 2 N–H and O–H groups in total. The summed E-state index contributed by atoms with van der Waals surface area (Å²) in [5.41, 5.74) is 8.52. The molecule has 6 nitrogen and oxygen atoms in total. The number of nitrogens with one attached hydrogen (secondary N) is 2. The number of aryl methyl sites for hydroxylation is 1. The van der Waals surface area contributed by atoms with Crippen molar-refractivity contribution in [3.63, 3.8) is 0 Å². The Morgan fingerprint density at radius 2 is 2.21 bits per heavy atom. The Labute approximate surface area is 170 Å². The van der Waals surface area contributed by atoms with E-state index in [0.29, 0.717) is 39.9 Å². The molecule has 0 saturated carbocycles. The van der Waals surface area contributed by atoms with Crippen LogP contribution >= 0.6 is 11.6 Å². The normalized spacial score (nSPS) is 25.2. The van der Waals surface area contributed by atoms with E-state index >= 15 is 0 Å². The zero-order valence-electron chi connectivity index (χ0n) is 16.4. The quantitative estimate of drug-likeness (QED) is 0.816. The summed E-state index contributed by atoms with van der Waals surface area (Å²) in [4.78, 5) is 15.4. The summed E-state index contributed by atoms with van der Waals surface area (Å²) in [6.45, 7) is 6.53. The van der Waals surface area contributed by atoms with Gasteiger partial charge >= 0.3 is 0 Å². The molecule has 2 fully saturated rings. The summed E-state index contributed by atoms with van der Waals surface area (Å²) < 4.78 is 5.40. The largest absolute Gasteiger partial charge is 0.360 e. The van der Waals surface area contributed by atoms with Crippen LogP contribution in [0.25, 0.3) is 11.3 Å². The van der Waals surface area contributed by atoms with Crippen LogP contribution in [0.2, 0.25) is 5.02 Å². The van der Waals surface area contributed by atoms with Crippen LogP contribution in [0, 0.1) is 18.8 Å². The molecule has 28 heavy (non-hydrogen) atoms. The van der Waals surface area contributed by atoms with Crippen LogP contribution in [0.1, 0.15) is 42.3 Å². The van der Waals surface area contributed by atoms with Gasteiger partial charge in [0.25, 0.3) is 5.91 Å². The van der Waals surface area contributed by atoms with Crippen LogP contribution in [-0.4, -0.2) is 41.6 Å². The Morgan fingerprint density at radius 1 is 1.39 bits per heavy atom. The van der Waals surface area contributed by atoms with E-state index in [4.69, 9.17) is 16.1 Å². The fraction of sp³-hybridized carbons (Fsp3) is 0.524. The maximum absolute atomic E-state index is 13.4. The number of piperidine rings is 1. The second-order valence-electron chi connectivity index (χ2n) is 7.82. The second-order valence-corrected chi connectivity index (χ2v) is 8.22. The average molecular weight is 403 g/mol. The van der Waals surface area contributed by atoms with E-state index in [0.717, 1.165) is 44.5 Å². The maximum Gasteiger partial charge on any atom is 0.259 e. The molecule has 2 aliphatic heterocycles. The molecule has 0 radical (unpaired) electrons. The lowest BCUT2D eigenvalue weighted by Gasteiger charge is -2.37. The van der Waals surface area contributed by atoms with E-state index in [9.17, 15) is 4.79 Å². The number of amides is 1.